The fraction of sp³-hybridized carbons (Fsp3) is 0.656. The number of unbranched alkanes of at least 4 members (excludes halogenated alkanes) is 7. The molecule has 0 atom stereocenters. The molecule has 0 amide bonds. The van der Waals surface area contributed by atoms with Crippen molar-refractivity contribution in [3.8, 4) is 29.9 Å². The summed E-state index contributed by atoms with van der Waals surface area (Å²) in [4.78, 5) is 0. The van der Waals surface area contributed by atoms with Gasteiger partial charge in [-0.3, -0.25) is 0 Å². The zero-order valence-corrected chi connectivity index (χ0v) is 24.0. The van der Waals surface area contributed by atoms with Crippen LogP contribution in [0.5, 0.6) is 0 Å². The Balaban J connectivity index is 3.43. The van der Waals surface area contributed by atoms with Gasteiger partial charge < -0.3 is 0 Å². The van der Waals surface area contributed by atoms with Crippen molar-refractivity contribution in [3.05, 3.63) is 34.4 Å². The number of hydrogen-bond donors (Lipinski definition) is 0. The van der Waals surface area contributed by atoms with E-state index in [4.69, 9.17) is 11.7 Å². The average molecular weight is 476 g/mol. The van der Waals surface area contributed by atoms with E-state index in [1.807, 2.05) is 0 Å². The Kier molecular flexibility index (Phi) is 14.7. The van der Waals surface area contributed by atoms with Gasteiger partial charge >= 0.3 is 0 Å². The number of hydrogen-bond acceptors (Lipinski definition) is 1. The van der Waals surface area contributed by atoms with E-state index in [1.54, 1.807) is 0 Å². The Bertz CT molecular complexity index is 861. The van der Waals surface area contributed by atoms with E-state index in [2.05, 4.69) is 77.1 Å². The summed E-state index contributed by atoms with van der Waals surface area (Å²) in [6.45, 7) is 13.9. The van der Waals surface area contributed by atoms with Crippen LogP contribution in [0.1, 0.15) is 128 Å². The van der Waals surface area contributed by atoms with Crippen LogP contribution in [0.15, 0.2) is 12.1 Å². The predicted molar refractivity (Wildman–Crippen MR) is 153 cm³/mol. The SMILES string of the molecule is C#Cc1cc(CCCCCC)c(C#C[Si](CCCC#N)(C(C)C)C(C)C)cc1CCCCCC. The second-order valence-electron chi connectivity index (χ2n) is 10.5. The molecule has 34 heavy (non-hydrogen) atoms. The summed E-state index contributed by atoms with van der Waals surface area (Å²) in [5.41, 5.74) is 9.97. The first-order valence-electron chi connectivity index (χ1n) is 13.9. The van der Waals surface area contributed by atoms with Crippen LogP contribution in [-0.2, 0) is 12.8 Å². The van der Waals surface area contributed by atoms with E-state index in [-0.39, 0.29) is 0 Å². The van der Waals surface area contributed by atoms with Gasteiger partial charge in [-0.2, -0.15) is 5.26 Å². The van der Waals surface area contributed by atoms with Crippen LogP contribution in [-0.4, -0.2) is 8.07 Å². The van der Waals surface area contributed by atoms with E-state index >= 15 is 0 Å². The van der Waals surface area contributed by atoms with Crippen LogP contribution in [0.25, 0.3) is 0 Å². The quantitative estimate of drug-likeness (QED) is 0.141. The Labute approximate surface area is 213 Å². The third kappa shape index (κ3) is 9.36. The summed E-state index contributed by atoms with van der Waals surface area (Å²) in [6.07, 6.45) is 19.6. The molecule has 2 heteroatoms. The molecule has 1 rings (SSSR count). The van der Waals surface area contributed by atoms with Crippen LogP contribution in [0.2, 0.25) is 17.1 Å². The maximum Gasteiger partial charge on any atom is 0.143 e. The second-order valence-corrected chi connectivity index (χ2v) is 15.7. The molecule has 0 fully saturated rings. The molecule has 0 bridgehead atoms. The highest BCUT2D eigenvalue weighted by Gasteiger charge is 2.38. The molecule has 0 aliphatic rings. The molecule has 0 aliphatic carbocycles. The Morgan fingerprint density at radius 2 is 1.32 bits per heavy atom. The molecule has 0 aromatic heterocycles. The van der Waals surface area contributed by atoms with Gasteiger partial charge in [0.1, 0.15) is 8.07 Å². The zero-order chi connectivity index (χ0) is 25.4. The van der Waals surface area contributed by atoms with Crippen LogP contribution >= 0.6 is 0 Å². The lowest BCUT2D eigenvalue weighted by molar-refractivity contribution is 0.662. The van der Waals surface area contributed by atoms with Crippen molar-refractivity contribution in [1.29, 1.82) is 5.26 Å². The first-order chi connectivity index (χ1) is 16.4. The highest BCUT2D eigenvalue weighted by atomic mass is 28.3. The molecule has 1 aromatic carbocycles. The van der Waals surface area contributed by atoms with E-state index in [0.29, 0.717) is 17.5 Å². The second kappa shape index (κ2) is 16.6. The molecule has 0 saturated carbocycles. The summed E-state index contributed by atoms with van der Waals surface area (Å²) in [5, 5.41) is 9.10. The molecule has 0 spiro atoms. The maximum absolute atomic E-state index is 9.10. The molecule has 0 heterocycles. The van der Waals surface area contributed by atoms with Gasteiger partial charge in [0, 0.05) is 17.5 Å². The Morgan fingerprint density at radius 1 is 0.794 bits per heavy atom. The summed E-state index contributed by atoms with van der Waals surface area (Å²) in [6, 6.07) is 8.05. The first-order valence-corrected chi connectivity index (χ1v) is 16.2. The van der Waals surface area contributed by atoms with Crippen molar-refractivity contribution in [1.82, 2.24) is 0 Å². The number of aryl methyl sites for hydroxylation is 2. The lowest BCUT2D eigenvalue weighted by Crippen LogP contribution is -2.40. The van der Waals surface area contributed by atoms with Gasteiger partial charge in [0.25, 0.3) is 0 Å². The number of benzene rings is 1. The minimum atomic E-state index is -1.87. The fourth-order valence-corrected chi connectivity index (χ4v) is 9.40. The molecule has 0 radical (unpaired) electrons. The molecule has 0 saturated heterocycles. The highest BCUT2D eigenvalue weighted by Crippen LogP contribution is 2.37. The normalized spacial score (nSPS) is 11.2. The molecular weight excluding hydrogens is 426 g/mol. The lowest BCUT2D eigenvalue weighted by atomic mass is 9.92. The smallest absolute Gasteiger partial charge is 0.143 e. The molecule has 186 valence electrons. The summed E-state index contributed by atoms with van der Waals surface area (Å²) < 4.78 is 0. The first kappa shape index (κ1) is 30.1. The number of nitrogens with zero attached hydrogens (tertiary/aromatic N) is 1. The van der Waals surface area contributed by atoms with Gasteiger partial charge in [-0.25, -0.2) is 0 Å². The molecule has 0 N–H and O–H groups in total. The standard InChI is InChI=1S/C32H49NSi/c1-8-11-13-15-19-30-26-32(31(25-29(30)10-3)20-16-14-12-9-2)21-24-34(27(4)5,28(6)7)23-18-17-22-33/h3,25-28H,8-9,11-20,23H2,1-2,4-7H3. The number of rotatable bonds is 15. The van der Waals surface area contributed by atoms with E-state index in [1.165, 1.54) is 68.1 Å². The van der Waals surface area contributed by atoms with E-state index in [9.17, 15) is 0 Å². The van der Waals surface area contributed by atoms with E-state index in [0.717, 1.165) is 30.9 Å². The van der Waals surface area contributed by atoms with Crippen molar-refractivity contribution in [2.75, 3.05) is 0 Å². The Hall–Kier alpha value is -1.95. The molecular formula is C32H49NSi. The van der Waals surface area contributed by atoms with Crippen LogP contribution < -0.4 is 0 Å². The van der Waals surface area contributed by atoms with Crippen molar-refractivity contribution < 1.29 is 0 Å². The van der Waals surface area contributed by atoms with Crippen LogP contribution in [0.4, 0.5) is 0 Å². The third-order valence-corrected chi connectivity index (χ3v) is 13.3. The monoisotopic (exact) mass is 475 g/mol. The van der Waals surface area contributed by atoms with E-state index < -0.39 is 8.07 Å². The minimum absolute atomic E-state index is 0.574. The predicted octanol–water partition coefficient (Wildman–Crippen LogP) is 9.38. The Morgan fingerprint density at radius 3 is 1.79 bits per heavy atom. The van der Waals surface area contributed by atoms with Crippen LogP contribution in [0.3, 0.4) is 0 Å². The number of terminal acetylenes is 1. The largest absolute Gasteiger partial charge is 0.198 e. The minimum Gasteiger partial charge on any atom is -0.198 e. The molecule has 0 aliphatic heterocycles. The van der Waals surface area contributed by atoms with Gasteiger partial charge in [0.15, 0.2) is 0 Å². The van der Waals surface area contributed by atoms with Crippen molar-refractivity contribution >= 4 is 8.07 Å². The fourth-order valence-electron chi connectivity index (χ4n) is 5.08. The topological polar surface area (TPSA) is 23.8 Å². The molecule has 0 unspecified atom stereocenters. The average Bonchev–Trinajstić information content (AvgIpc) is 2.82. The van der Waals surface area contributed by atoms with Crippen molar-refractivity contribution in [2.24, 2.45) is 0 Å². The van der Waals surface area contributed by atoms with Gasteiger partial charge in [0.2, 0.25) is 0 Å². The number of nitriles is 1. The van der Waals surface area contributed by atoms with Crippen LogP contribution in [0, 0.1) is 35.1 Å². The summed E-state index contributed by atoms with van der Waals surface area (Å²) in [7, 11) is -1.87. The zero-order valence-electron chi connectivity index (χ0n) is 23.0. The molecule has 1 aromatic rings. The van der Waals surface area contributed by atoms with Gasteiger partial charge in [-0.05, 0) is 72.5 Å². The van der Waals surface area contributed by atoms with Crippen molar-refractivity contribution in [2.45, 2.75) is 136 Å². The van der Waals surface area contributed by atoms with Crippen molar-refractivity contribution in [3.63, 3.8) is 0 Å². The maximum atomic E-state index is 9.10. The van der Waals surface area contributed by atoms with Gasteiger partial charge in [-0.15, -0.1) is 12.0 Å². The molecule has 1 nitrogen and oxygen atoms in total. The summed E-state index contributed by atoms with van der Waals surface area (Å²) >= 11 is 0. The highest BCUT2D eigenvalue weighted by molar-refractivity contribution is 6.89. The van der Waals surface area contributed by atoms with Gasteiger partial charge in [0.05, 0.1) is 6.07 Å². The summed E-state index contributed by atoms with van der Waals surface area (Å²) in [5.74, 6) is 6.72. The third-order valence-electron chi connectivity index (χ3n) is 7.45. The van der Waals surface area contributed by atoms with Gasteiger partial charge in [-0.1, -0.05) is 91.9 Å². The lowest BCUT2D eigenvalue weighted by Gasteiger charge is -2.34.